The zero-order valence-corrected chi connectivity index (χ0v) is 11.1. The molecule has 0 spiro atoms. The lowest BCUT2D eigenvalue weighted by Crippen LogP contribution is -2.13. The van der Waals surface area contributed by atoms with Gasteiger partial charge in [0.25, 0.3) is 0 Å². The molecule has 1 heterocycles. The first kappa shape index (κ1) is 13.9. The van der Waals surface area contributed by atoms with E-state index in [1.165, 1.54) is 25.7 Å². The minimum Gasteiger partial charge on any atom is -0.477 e. The number of hydrogen-bond donors (Lipinski definition) is 1. The maximum absolute atomic E-state index is 5.60. The highest BCUT2D eigenvalue weighted by Crippen LogP contribution is 2.14. The number of nitrogens with two attached hydrogens (primary N) is 1. The second kappa shape index (κ2) is 8.01. The Bertz CT molecular complexity index is 355. The minimum atomic E-state index is 0.332. The summed E-state index contributed by atoms with van der Waals surface area (Å²) in [6, 6.07) is 3.64. The lowest BCUT2D eigenvalue weighted by molar-refractivity contribution is 0.293. The van der Waals surface area contributed by atoms with E-state index in [2.05, 4.69) is 11.9 Å². The zero-order valence-electron chi connectivity index (χ0n) is 10.3. The molecule has 1 aromatic heterocycles. The summed E-state index contributed by atoms with van der Waals surface area (Å²) < 4.78 is 5.60. The van der Waals surface area contributed by atoms with Crippen LogP contribution in [0.1, 0.15) is 44.6 Å². The van der Waals surface area contributed by atoms with Gasteiger partial charge in [0.1, 0.15) is 4.99 Å². The number of unbranched alkanes of at least 4 members (excludes halogenated alkanes) is 4. The van der Waals surface area contributed by atoms with Crippen LogP contribution in [0.4, 0.5) is 0 Å². The van der Waals surface area contributed by atoms with Crippen LogP contribution in [0.25, 0.3) is 0 Å². The fraction of sp³-hybridized carbons (Fsp3) is 0.538. The summed E-state index contributed by atoms with van der Waals surface area (Å²) in [4.78, 5) is 4.48. The van der Waals surface area contributed by atoms with Gasteiger partial charge in [-0.25, -0.2) is 4.98 Å². The maximum atomic E-state index is 5.60. The molecule has 1 aromatic rings. The smallest absolute Gasteiger partial charge is 0.223 e. The van der Waals surface area contributed by atoms with E-state index in [1.54, 1.807) is 6.20 Å². The number of nitrogens with zero attached hydrogens (tertiary/aromatic N) is 1. The molecule has 0 amide bonds. The first-order chi connectivity index (χ1) is 8.25. The fourth-order valence-electron chi connectivity index (χ4n) is 1.57. The molecule has 3 nitrogen and oxygen atoms in total. The molecule has 94 valence electrons. The molecular formula is C13H20N2OS. The number of thiocarbonyl (C=S) groups is 1. The standard InChI is InChI=1S/C13H20N2OS/c1-2-3-4-5-6-10-16-13-11(12(14)17)8-7-9-15-13/h7-9H,2-6,10H2,1H3,(H2,14,17). The van der Waals surface area contributed by atoms with Crippen molar-refractivity contribution in [3.05, 3.63) is 23.9 Å². The van der Waals surface area contributed by atoms with Gasteiger partial charge in [-0.1, -0.05) is 44.8 Å². The van der Waals surface area contributed by atoms with Crippen molar-refractivity contribution in [3.8, 4) is 5.88 Å². The average Bonchev–Trinajstić information content (AvgIpc) is 2.34. The van der Waals surface area contributed by atoms with Crippen LogP contribution in [0.15, 0.2) is 18.3 Å². The van der Waals surface area contributed by atoms with Crippen molar-refractivity contribution >= 4 is 17.2 Å². The Morgan fingerprint density at radius 3 is 2.82 bits per heavy atom. The van der Waals surface area contributed by atoms with Crippen LogP contribution in [-0.2, 0) is 0 Å². The number of aromatic nitrogens is 1. The third-order valence-corrected chi connectivity index (χ3v) is 2.74. The van der Waals surface area contributed by atoms with Crippen molar-refractivity contribution in [1.82, 2.24) is 4.98 Å². The molecule has 0 bridgehead atoms. The second-order valence-electron chi connectivity index (χ2n) is 3.98. The molecule has 0 atom stereocenters. The summed E-state index contributed by atoms with van der Waals surface area (Å²) >= 11 is 4.94. The molecule has 2 N–H and O–H groups in total. The highest BCUT2D eigenvalue weighted by molar-refractivity contribution is 7.80. The molecule has 0 aromatic carbocycles. The van der Waals surface area contributed by atoms with Crippen LogP contribution in [-0.4, -0.2) is 16.6 Å². The van der Waals surface area contributed by atoms with Crippen molar-refractivity contribution in [2.24, 2.45) is 5.73 Å². The van der Waals surface area contributed by atoms with E-state index < -0.39 is 0 Å². The molecule has 0 aliphatic heterocycles. The average molecular weight is 252 g/mol. The third kappa shape index (κ3) is 5.13. The molecular weight excluding hydrogens is 232 g/mol. The molecule has 0 unspecified atom stereocenters. The van der Waals surface area contributed by atoms with Crippen LogP contribution < -0.4 is 10.5 Å². The first-order valence-corrected chi connectivity index (χ1v) is 6.54. The normalized spacial score (nSPS) is 10.2. The van der Waals surface area contributed by atoms with Gasteiger partial charge < -0.3 is 10.5 Å². The highest BCUT2D eigenvalue weighted by Gasteiger charge is 2.06. The van der Waals surface area contributed by atoms with Gasteiger partial charge in [0, 0.05) is 6.20 Å². The van der Waals surface area contributed by atoms with Crippen molar-refractivity contribution < 1.29 is 4.74 Å². The van der Waals surface area contributed by atoms with Gasteiger partial charge in [-0.15, -0.1) is 0 Å². The van der Waals surface area contributed by atoms with Gasteiger partial charge in [0.2, 0.25) is 5.88 Å². The Balaban J connectivity index is 2.34. The van der Waals surface area contributed by atoms with Gasteiger partial charge in [0.05, 0.1) is 12.2 Å². The minimum absolute atomic E-state index is 0.332. The predicted molar refractivity (Wildman–Crippen MR) is 74.4 cm³/mol. The van der Waals surface area contributed by atoms with Crippen molar-refractivity contribution in [3.63, 3.8) is 0 Å². The third-order valence-electron chi connectivity index (χ3n) is 2.52. The SMILES string of the molecule is CCCCCCCOc1ncccc1C(N)=S. The van der Waals surface area contributed by atoms with E-state index in [0.717, 1.165) is 12.0 Å². The highest BCUT2D eigenvalue weighted by atomic mass is 32.1. The van der Waals surface area contributed by atoms with Crippen molar-refractivity contribution in [2.75, 3.05) is 6.61 Å². The molecule has 0 aliphatic carbocycles. The lowest BCUT2D eigenvalue weighted by Gasteiger charge is -2.08. The molecule has 17 heavy (non-hydrogen) atoms. The molecule has 0 aliphatic rings. The zero-order chi connectivity index (χ0) is 12.5. The Kier molecular flexibility index (Phi) is 6.55. The summed E-state index contributed by atoms with van der Waals surface area (Å²) in [5.74, 6) is 0.551. The number of hydrogen-bond acceptors (Lipinski definition) is 3. The van der Waals surface area contributed by atoms with E-state index >= 15 is 0 Å². The number of ether oxygens (including phenoxy) is 1. The monoisotopic (exact) mass is 252 g/mol. The molecule has 0 saturated heterocycles. The maximum Gasteiger partial charge on any atom is 0.223 e. The van der Waals surface area contributed by atoms with Crippen LogP contribution in [0.5, 0.6) is 5.88 Å². The van der Waals surface area contributed by atoms with Crippen LogP contribution in [0, 0.1) is 0 Å². The second-order valence-corrected chi connectivity index (χ2v) is 4.42. The number of rotatable bonds is 8. The summed E-state index contributed by atoms with van der Waals surface area (Å²) in [7, 11) is 0. The summed E-state index contributed by atoms with van der Waals surface area (Å²) in [5.41, 5.74) is 6.31. The van der Waals surface area contributed by atoms with Gasteiger partial charge in [-0.2, -0.15) is 0 Å². The Labute approximate surface area is 108 Å². The number of pyridine rings is 1. The van der Waals surface area contributed by atoms with E-state index in [9.17, 15) is 0 Å². The van der Waals surface area contributed by atoms with Gasteiger partial charge in [-0.05, 0) is 18.6 Å². The predicted octanol–water partition coefficient (Wildman–Crippen LogP) is 3.07. The molecule has 0 radical (unpaired) electrons. The van der Waals surface area contributed by atoms with Gasteiger partial charge in [0.15, 0.2) is 0 Å². The Morgan fingerprint density at radius 2 is 2.12 bits per heavy atom. The topological polar surface area (TPSA) is 48.1 Å². The van der Waals surface area contributed by atoms with Gasteiger partial charge >= 0.3 is 0 Å². The summed E-state index contributed by atoms with van der Waals surface area (Å²) in [6.07, 6.45) is 7.75. The van der Waals surface area contributed by atoms with Crippen LogP contribution in [0.3, 0.4) is 0 Å². The van der Waals surface area contributed by atoms with Gasteiger partial charge in [-0.3, -0.25) is 0 Å². The van der Waals surface area contributed by atoms with Crippen molar-refractivity contribution in [2.45, 2.75) is 39.0 Å². The molecule has 0 fully saturated rings. The molecule has 1 rings (SSSR count). The summed E-state index contributed by atoms with van der Waals surface area (Å²) in [5, 5.41) is 0. The fourth-order valence-corrected chi connectivity index (χ4v) is 1.72. The van der Waals surface area contributed by atoms with E-state index in [4.69, 9.17) is 22.7 Å². The Hall–Kier alpha value is -1.16. The van der Waals surface area contributed by atoms with Crippen molar-refractivity contribution in [1.29, 1.82) is 0 Å². The Morgan fingerprint density at radius 1 is 1.35 bits per heavy atom. The largest absolute Gasteiger partial charge is 0.477 e. The summed E-state index contributed by atoms with van der Waals surface area (Å²) in [6.45, 7) is 2.88. The van der Waals surface area contributed by atoms with E-state index in [0.29, 0.717) is 17.5 Å². The van der Waals surface area contributed by atoms with Crippen LogP contribution in [0.2, 0.25) is 0 Å². The lowest BCUT2D eigenvalue weighted by atomic mass is 10.2. The van der Waals surface area contributed by atoms with E-state index in [-0.39, 0.29) is 0 Å². The quantitative estimate of drug-likeness (QED) is 0.570. The first-order valence-electron chi connectivity index (χ1n) is 6.13. The molecule has 4 heteroatoms. The van der Waals surface area contributed by atoms with E-state index in [1.807, 2.05) is 12.1 Å². The molecule has 0 saturated carbocycles. The van der Waals surface area contributed by atoms with Crippen LogP contribution >= 0.6 is 12.2 Å².